The zero-order valence-electron chi connectivity index (χ0n) is 14.3. The Balaban J connectivity index is 1.70. The third-order valence-corrected chi connectivity index (χ3v) is 4.17. The van der Waals surface area contributed by atoms with Gasteiger partial charge in [-0.2, -0.15) is 0 Å². The molecule has 1 unspecified atom stereocenters. The van der Waals surface area contributed by atoms with Gasteiger partial charge in [0.25, 0.3) is 5.91 Å². The molecule has 0 spiro atoms. The van der Waals surface area contributed by atoms with Crippen LogP contribution in [-0.4, -0.2) is 36.2 Å². The predicted molar refractivity (Wildman–Crippen MR) is 95.7 cm³/mol. The summed E-state index contributed by atoms with van der Waals surface area (Å²) in [5.74, 6) is 0.0403. The molecule has 0 radical (unpaired) electrons. The fraction of sp³-hybridized carbons (Fsp3) is 0.300. The van der Waals surface area contributed by atoms with Crippen molar-refractivity contribution in [2.75, 3.05) is 13.2 Å². The molecule has 1 heterocycles. The second kappa shape index (κ2) is 8.38. The van der Waals surface area contributed by atoms with Crippen molar-refractivity contribution in [3.63, 3.8) is 0 Å². The maximum absolute atomic E-state index is 12.6. The molecule has 1 aliphatic rings. The number of rotatable bonds is 7. The molecule has 3 rings (SSSR count). The summed E-state index contributed by atoms with van der Waals surface area (Å²) in [7, 11) is 0. The van der Waals surface area contributed by atoms with E-state index in [1.54, 1.807) is 18.2 Å². The topological polar surface area (TPSA) is 84.9 Å². The van der Waals surface area contributed by atoms with Gasteiger partial charge < -0.3 is 19.9 Å². The second-order valence-electron chi connectivity index (χ2n) is 6.15. The summed E-state index contributed by atoms with van der Waals surface area (Å²) < 4.78 is 11.0. The normalized spacial score (nSPS) is 13.7. The maximum Gasteiger partial charge on any atom is 0.303 e. The van der Waals surface area contributed by atoms with Crippen molar-refractivity contribution in [2.24, 2.45) is 0 Å². The van der Waals surface area contributed by atoms with Crippen LogP contribution in [0.2, 0.25) is 0 Å². The van der Waals surface area contributed by atoms with Gasteiger partial charge >= 0.3 is 5.97 Å². The molecule has 1 atom stereocenters. The van der Waals surface area contributed by atoms with Crippen molar-refractivity contribution in [2.45, 2.75) is 25.3 Å². The Morgan fingerprint density at radius 3 is 2.50 bits per heavy atom. The highest BCUT2D eigenvalue weighted by atomic mass is 16.6. The van der Waals surface area contributed by atoms with Crippen LogP contribution in [0.25, 0.3) is 0 Å². The number of carboxylic acids is 1. The average molecular weight is 355 g/mol. The molecule has 2 aromatic carbocycles. The van der Waals surface area contributed by atoms with E-state index in [1.165, 1.54) is 0 Å². The van der Waals surface area contributed by atoms with Crippen LogP contribution < -0.4 is 14.8 Å². The molecule has 0 bridgehead atoms. The summed E-state index contributed by atoms with van der Waals surface area (Å²) >= 11 is 0. The lowest BCUT2D eigenvalue weighted by atomic mass is 10.0. The smallest absolute Gasteiger partial charge is 0.303 e. The minimum atomic E-state index is -0.878. The Kier molecular flexibility index (Phi) is 5.73. The van der Waals surface area contributed by atoms with Gasteiger partial charge in [0.05, 0.1) is 0 Å². The lowest BCUT2D eigenvalue weighted by molar-refractivity contribution is -0.137. The van der Waals surface area contributed by atoms with E-state index in [9.17, 15) is 9.59 Å². The number of hydrogen-bond donors (Lipinski definition) is 2. The SMILES string of the molecule is O=C(O)CCC(Cc1ccccc1)NC(=O)c1ccc2c(c1)OCCO2. The number of nitrogens with one attached hydrogen (secondary N) is 1. The highest BCUT2D eigenvalue weighted by molar-refractivity contribution is 5.95. The molecule has 1 amide bonds. The molecule has 2 aromatic rings. The van der Waals surface area contributed by atoms with Gasteiger partial charge in [-0.1, -0.05) is 30.3 Å². The molecule has 0 fully saturated rings. The van der Waals surface area contributed by atoms with Crippen molar-refractivity contribution in [3.8, 4) is 11.5 Å². The minimum Gasteiger partial charge on any atom is -0.486 e. The first-order valence-electron chi connectivity index (χ1n) is 8.58. The highest BCUT2D eigenvalue weighted by Gasteiger charge is 2.19. The van der Waals surface area contributed by atoms with Crippen LogP contribution >= 0.6 is 0 Å². The number of amides is 1. The van der Waals surface area contributed by atoms with E-state index >= 15 is 0 Å². The van der Waals surface area contributed by atoms with E-state index in [1.807, 2.05) is 30.3 Å². The Labute approximate surface area is 151 Å². The molecule has 26 heavy (non-hydrogen) atoms. The summed E-state index contributed by atoms with van der Waals surface area (Å²) in [5, 5.41) is 11.9. The number of carbonyl (C=O) groups excluding carboxylic acids is 1. The van der Waals surface area contributed by atoms with Gasteiger partial charge in [0.15, 0.2) is 11.5 Å². The molecule has 1 aliphatic heterocycles. The van der Waals surface area contributed by atoms with Gasteiger partial charge in [-0.15, -0.1) is 0 Å². The van der Waals surface area contributed by atoms with Crippen LogP contribution in [0, 0.1) is 0 Å². The number of fused-ring (bicyclic) bond motifs is 1. The number of carbonyl (C=O) groups is 2. The van der Waals surface area contributed by atoms with Crippen LogP contribution in [0.15, 0.2) is 48.5 Å². The molecular weight excluding hydrogens is 334 g/mol. The third kappa shape index (κ3) is 4.75. The number of hydrogen-bond acceptors (Lipinski definition) is 4. The summed E-state index contributed by atoms with van der Waals surface area (Å²) in [6.07, 6.45) is 0.934. The third-order valence-electron chi connectivity index (χ3n) is 4.17. The van der Waals surface area contributed by atoms with Crippen molar-refractivity contribution >= 4 is 11.9 Å². The molecule has 6 nitrogen and oxygen atoms in total. The van der Waals surface area contributed by atoms with E-state index in [0.717, 1.165) is 5.56 Å². The fourth-order valence-corrected chi connectivity index (χ4v) is 2.87. The van der Waals surface area contributed by atoms with Crippen molar-refractivity contribution in [1.82, 2.24) is 5.32 Å². The van der Waals surface area contributed by atoms with E-state index in [4.69, 9.17) is 14.6 Å². The fourth-order valence-electron chi connectivity index (χ4n) is 2.87. The average Bonchev–Trinajstić information content (AvgIpc) is 2.66. The monoisotopic (exact) mass is 355 g/mol. The van der Waals surface area contributed by atoms with E-state index in [-0.39, 0.29) is 18.4 Å². The van der Waals surface area contributed by atoms with E-state index in [0.29, 0.717) is 43.1 Å². The quantitative estimate of drug-likeness (QED) is 0.798. The Morgan fingerprint density at radius 1 is 1.04 bits per heavy atom. The lowest BCUT2D eigenvalue weighted by Gasteiger charge is -2.21. The Hall–Kier alpha value is -3.02. The first-order valence-corrected chi connectivity index (χ1v) is 8.58. The number of carboxylic acid groups (broad SMARTS) is 1. The first kappa shape index (κ1) is 17.8. The molecule has 0 aromatic heterocycles. The molecule has 6 heteroatoms. The first-order chi connectivity index (χ1) is 12.6. The standard InChI is InChI=1S/C20H21NO5/c22-19(23)9-7-16(12-14-4-2-1-3-5-14)21-20(24)15-6-8-17-18(13-15)26-11-10-25-17/h1-6,8,13,16H,7,9-12H2,(H,21,24)(H,22,23). The van der Waals surface area contributed by atoms with Crippen molar-refractivity contribution in [1.29, 1.82) is 0 Å². The number of benzene rings is 2. The van der Waals surface area contributed by atoms with Crippen molar-refractivity contribution in [3.05, 3.63) is 59.7 Å². The summed E-state index contributed by atoms with van der Waals surface area (Å²) in [4.78, 5) is 23.6. The summed E-state index contributed by atoms with van der Waals surface area (Å²) in [6, 6.07) is 14.5. The van der Waals surface area contributed by atoms with Crippen LogP contribution in [0.4, 0.5) is 0 Å². The van der Waals surface area contributed by atoms with Crippen LogP contribution in [0.5, 0.6) is 11.5 Å². The summed E-state index contributed by atoms with van der Waals surface area (Å²) in [6.45, 7) is 0.945. The van der Waals surface area contributed by atoms with Gasteiger partial charge in [-0.3, -0.25) is 9.59 Å². The van der Waals surface area contributed by atoms with E-state index in [2.05, 4.69) is 5.32 Å². The largest absolute Gasteiger partial charge is 0.486 e. The Morgan fingerprint density at radius 2 is 1.77 bits per heavy atom. The number of ether oxygens (including phenoxy) is 2. The van der Waals surface area contributed by atoms with Crippen LogP contribution in [0.1, 0.15) is 28.8 Å². The minimum absolute atomic E-state index is 0.00107. The highest BCUT2D eigenvalue weighted by Crippen LogP contribution is 2.30. The predicted octanol–water partition coefficient (Wildman–Crippen LogP) is 2.66. The molecule has 0 saturated heterocycles. The van der Waals surface area contributed by atoms with Crippen LogP contribution in [-0.2, 0) is 11.2 Å². The van der Waals surface area contributed by atoms with E-state index < -0.39 is 5.97 Å². The van der Waals surface area contributed by atoms with Gasteiger partial charge in [-0.05, 0) is 36.6 Å². The molecular formula is C20H21NO5. The lowest BCUT2D eigenvalue weighted by Crippen LogP contribution is -2.37. The molecule has 2 N–H and O–H groups in total. The van der Waals surface area contributed by atoms with Gasteiger partial charge in [0.1, 0.15) is 13.2 Å². The van der Waals surface area contributed by atoms with Crippen LogP contribution in [0.3, 0.4) is 0 Å². The summed E-state index contributed by atoms with van der Waals surface area (Å²) in [5.41, 5.74) is 1.51. The van der Waals surface area contributed by atoms with Gasteiger partial charge in [-0.25, -0.2) is 0 Å². The molecule has 136 valence electrons. The van der Waals surface area contributed by atoms with Crippen molar-refractivity contribution < 1.29 is 24.2 Å². The van der Waals surface area contributed by atoms with Gasteiger partial charge in [0.2, 0.25) is 0 Å². The zero-order valence-corrected chi connectivity index (χ0v) is 14.3. The second-order valence-corrected chi connectivity index (χ2v) is 6.15. The Bertz CT molecular complexity index is 775. The molecule has 0 aliphatic carbocycles. The maximum atomic E-state index is 12.6. The zero-order chi connectivity index (χ0) is 18.4. The number of aliphatic carboxylic acids is 1. The van der Waals surface area contributed by atoms with Gasteiger partial charge in [0, 0.05) is 18.0 Å². The molecule has 0 saturated carbocycles.